The molecule has 0 saturated heterocycles. The van der Waals surface area contributed by atoms with Gasteiger partial charge in [-0.25, -0.2) is 4.98 Å². The number of hydrogen-bond acceptors (Lipinski definition) is 4. The number of hydrogen-bond donors (Lipinski definition) is 2. The van der Waals surface area contributed by atoms with E-state index in [9.17, 15) is 0 Å². The molecule has 0 aliphatic carbocycles. The fourth-order valence-electron chi connectivity index (χ4n) is 1.58. The van der Waals surface area contributed by atoms with Crippen LogP contribution in [0.1, 0.15) is 18.9 Å². The highest BCUT2D eigenvalue weighted by Crippen LogP contribution is 2.27. The van der Waals surface area contributed by atoms with Crippen molar-refractivity contribution in [2.24, 2.45) is 0 Å². The standard InChI is InChI=1S/C14H16Br2N4/c1-3-6-17-14-18-8-12(16)13(20-14)19-10-5-4-9(2)11(15)7-10/h4-5,7-8H,3,6H2,1-2H3,(H2,17,18,19,20). The lowest BCUT2D eigenvalue weighted by Crippen LogP contribution is -2.06. The largest absolute Gasteiger partial charge is 0.354 e. The van der Waals surface area contributed by atoms with E-state index < -0.39 is 0 Å². The van der Waals surface area contributed by atoms with Gasteiger partial charge in [0.25, 0.3) is 0 Å². The van der Waals surface area contributed by atoms with Crippen LogP contribution in [0.15, 0.2) is 33.3 Å². The summed E-state index contributed by atoms with van der Waals surface area (Å²) in [7, 11) is 0. The Hall–Kier alpha value is -1.14. The Morgan fingerprint density at radius 3 is 2.70 bits per heavy atom. The molecular weight excluding hydrogens is 384 g/mol. The molecule has 0 atom stereocenters. The summed E-state index contributed by atoms with van der Waals surface area (Å²) in [6, 6.07) is 6.11. The van der Waals surface area contributed by atoms with Gasteiger partial charge in [0.15, 0.2) is 0 Å². The highest BCUT2D eigenvalue weighted by Gasteiger charge is 2.06. The summed E-state index contributed by atoms with van der Waals surface area (Å²) < 4.78 is 1.90. The maximum atomic E-state index is 4.46. The molecule has 2 rings (SSSR count). The van der Waals surface area contributed by atoms with E-state index >= 15 is 0 Å². The second kappa shape index (κ2) is 7.04. The summed E-state index contributed by atoms with van der Waals surface area (Å²) in [5.41, 5.74) is 2.17. The van der Waals surface area contributed by atoms with Crippen molar-refractivity contribution in [1.82, 2.24) is 9.97 Å². The number of nitrogens with one attached hydrogen (secondary N) is 2. The molecule has 1 aromatic heterocycles. The first-order chi connectivity index (χ1) is 9.60. The molecule has 0 amide bonds. The Kier molecular flexibility index (Phi) is 5.37. The van der Waals surface area contributed by atoms with Crippen LogP contribution in [-0.2, 0) is 0 Å². The van der Waals surface area contributed by atoms with Gasteiger partial charge in [-0.15, -0.1) is 0 Å². The quantitative estimate of drug-likeness (QED) is 0.752. The number of nitrogens with zero attached hydrogens (tertiary/aromatic N) is 2. The molecule has 106 valence electrons. The monoisotopic (exact) mass is 398 g/mol. The molecule has 1 heterocycles. The van der Waals surface area contributed by atoms with E-state index in [1.54, 1.807) is 6.20 Å². The van der Waals surface area contributed by atoms with Crippen molar-refractivity contribution in [1.29, 1.82) is 0 Å². The average Bonchev–Trinajstić information content (AvgIpc) is 2.44. The average molecular weight is 400 g/mol. The van der Waals surface area contributed by atoms with Gasteiger partial charge >= 0.3 is 0 Å². The third-order valence-corrected chi connectivity index (χ3v) is 4.15. The summed E-state index contributed by atoms with van der Waals surface area (Å²) in [6.45, 7) is 5.02. The number of halogens is 2. The Balaban J connectivity index is 2.20. The van der Waals surface area contributed by atoms with E-state index in [0.29, 0.717) is 5.95 Å². The molecule has 20 heavy (non-hydrogen) atoms. The van der Waals surface area contributed by atoms with Crippen molar-refractivity contribution in [3.8, 4) is 0 Å². The maximum Gasteiger partial charge on any atom is 0.224 e. The smallest absolute Gasteiger partial charge is 0.224 e. The SMILES string of the molecule is CCCNc1ncc(Br)c(Nc2ccc(C)c(Br)c2)n1. The predicted molar refractivity (Wildman–Crippen MR) is 90.7 cm³/mol. The molecule has 0 saturated carbocycles. The number of benzene rings is 1. The van der Waals surface area contributed by atoms with Crippen LogP contribution in [0.3, 0.4) is 0 Å². The lowest BCUT2D eigenvalue weighted by atomic mass is 10.2. The fourth-order valence-corrected chi connectivity index (χ4v) is 2.25. The third kappa shape index (κ3) is 3.93. The zero-order chi connectivity index (χ0) is 14.5. The van der Waals surface area contributed by atoms with E-state index in [2.05, 4.69) is 72.4 Å². The summed E-state index contributed by atoms with van der Waals surface area (Å²) in [6.07, 6.45) is 2.78. The minimum absolute atomic E-state index is 0.628. The summed E-state index contributed by atoms with van der Waals surface area (Å²) >= 11 is 6.99. The minimum atomic E-state index is 0.628. The molecule has 0 fully saturated rings. The van der Waals surface area contributed by atoms with Gasteiger partial charge in [-0.05, 0) is 47.0 Å². The van der Waals surface area contributed by atoms with Crippen LogP contribution >= 0.6 is 31.9 Å². The molecule has 2 N–H and O–H groups in total. The summed E-state index contributed by atoms with van der Waals surface area (Å²) in [4.78, 5) is 8.69. The van der Waals surface area contributed by atoms with Gasteiger partial charge in [0.05, 0.1) is 4.47 Å². The molecule has 1 aromatic carbocycles. The second-order valence-electron chi connectivity index (χ2n) is 4.41. The normalized spacial score (nSPS) is 10.4. The van der Waals surface area contributed by atoms with Gasteiger partial charge in [-0.3, -0.25) is 0 Å². The van der Waals surface area contributed by atoms with E-state index in [4.69, 9.17) is 0 Å². The first-order valence-corrected chi connectivity index (χ1v) is 7.98. The van der Waals surface area contributed by atoms with Gasteiger partial charge in [0.1, 0.15) is 5.82 Å². The van der Waals surface area contributed by atoms with Gasteiger partial charge in [-0.2, -0.15) is 4.98 Å². The number of anilines is 3. The zero-order valence-electron chi connectivity index (χ0n) is 11.4. The second-order valence-corrected chi connectivity index (χ2v) is 6.11. The van der Waals surface area contributed by atoms with Crippen molar-refractivity contribution < 1.29 is 0 Å². The van der Waals surface area contributed by atoms with Gasteiger partial charge in [0.2, 0.25) is 5.95 Å². The molecule has 0 bridgehead atoms. The molecule has 0 aliphatic rings. The Morgan fingerprint density at radius 1 is 1.20 bits per heavy atom. The van der Waals surface area contributed by atoms with E-state index in [1.165, 1.54) is 5.56 Å². The van der Waals surface area contributed by atoms with E-state index in [-0.39, 0.29) is 0 Å². The zero-order valence-corrected chi connectivity index (χ0v) is 14.5. The van der Waals surface area contributed by atoms with Crippen LogP contribution in [-0.4, -0.2) is 16.5 Å². The lowest BCUT2D eigenvalue weighted by Gasteiger charge is -2.10. The van der Waals surface area contributed by atoms with E-state index in [1.807, 2.05) is 12.1 Å². The van der Waals surface area contributed by atoms with Gasteiger partial charge in [-0.1, -0.05) is 28.9 Å². The molecule has 0 aliphatic heterocycles. The first kappa shape index (κ1) is 15.3. The third-order valence-electron chi connectivity index (χ3n) is 2.71. The summed E-state index contributed by atoms with van der Waals surface area (Å²) in [5.74, 6) is 1.37. The lowest BCUT2D eigenvalue weighted by molar-refractivity contribution is 0.952. The molecule has 0 unspecified atom stereocenters. The van der Waals surface area contributed by atoms with Crippen molar-refractivity contribution >= 4 is 49.3 Å². The van der Waals surface area contributed by atoms with Crippen LogP contribution in [0.4, 0.5) is 17.5 Å². The van der Waals surface area contributed by atoms with Crippen LogP contribution < -0.4 is 10.6 Å². The Bertz CT molecular complexity index is 602. The fraction of sp³-hybridized carbons (Fsp3) is 0.286. The molecule has 6 heteroatoms. The van der Waals surface area contributed by atoms with Crippen molar-refractivity contribution in [2.45, 2.75) is 20.3 Å². The minimum Gasteiger partial charge on any atom is -0.354 e. The van der Waals surface area contributed by atoms with Crippen LogP contribution in [0.25, 0.3) is 0 Å². The number of rotatable bonds is 5. The number of aryl methyl sites for hydroxylation is 1. The van der Waals surface area contributed by atoms with Gasteiger partial charge < -0.3 is 10.6 Å². The Morgan fingerprint density at radius 2 is 2.00 bits per heavy atom. The molecule has 4 nitrogen and oxygen atoms in total. The summed E-state index contributed by atoms with van der Waals surface area (Å²) in [5, 5.41) is 6.46. The number of aromatic nitrogens is 2. The van der Waals surface area contributed by atoms with E-state index in [0.717, 1.165) is 33.4 Å². The molecule has 2 aromatic rings. The van der Waals surface area contributed by atoms with Crippen molar-refractivity contribution in [2.75, 3.05) is 17.2 Å². The molecule has 0 spiro atoms. The predicted octanol–water partition coefficient (Wildman–Crippen LogP) is 4.88. The molecular formula is C14H16Br2N4. The van der Waals surface area contributed by atoms with Crippen LogP contribution in [0, 0.1) is 6.92 Å². The topological polar surface area (TPSA) is 49.8 Å². The highest BCUT2D eigenvalue weighted by atomic mass is 79.9. The maximum absolute atomic E-state index is 4.46. The van der Waals surface area contributed by atoms with Crippen molar-refractivity contribution in [3.63, 3.8) is 0 Å². The highest BCUT2D eigenvalue weighted by molar-refractivity contribution is 9.10. The first-order valence-electron chi connectivity index (χ1n) is 6.39. The van der Waals surface area contributed by atoms with Crippen molar-refractivity contribution in [3.05, 3.63) is 38.9 Å². The van der Waals surface area contributed by atoms with Gasteiger partial charge in [0, 0.05) is 22.9 Å². The Labute approximate surface area is 135 Å². The van der Waals surface area contributed by atoms with Crippen LogP contribution in [0.2, 0.25) is 0 Å². The van der Waals surface area contributed by atoms with Crippen LogP contribution in [0.5, 0.6) is 0 Å². The molecule has 0 radical (unpaired) electrons.